The van der Waals surface area contributed by atoms with Gasteiger partial charge < -0.3 is 5.32 Å². The van der Waals surface area contributed by atoms with E-state index in [4.69, 9.17) is 0 Å². The van der Waals surface area contributed by atoms with Gasteiger partial charge in [0.15, 0.2) is 11.0 Å². The predicted molar refractivity (Wildman–Crippen MR) is 134 cm³/mol. The summed E-state index contributed by atoms with van der Waals surface area (Å²) in [7, 11) is 0. The zero-order valence-electron chi connectivity index (χ0n) is 19.9. The molecule has 1 amide bonds. The molecular formula is C25H30FN5O3S. The highest BCUT2D eigenvalue weighted by Gasteiger charge is 2.21. The van der Waals surface area contributed by atoms with Gasteiger partial charge in [-0.2, -0.15) is 0 Å². The van der Waals surface area contributed by atoms with Crippen LogP contribution in [-0.4, -0.2) is 25.6 Å². The van der Waals surface area contributed by atoms with Crippen LogP contribution >= 0.6 is 11.8 Å². The van der Waals surface area contributed by atoms with Crippen LogP contribution in [0.2, 0.25) is 0 Å². The Kier molecular flexibility index (Phi) is 9.77. The SMILES string of the molecule is CCCCCCCC(=O)NC(C)c1nnc(SCc2ccc(F)cc2)n1-c1ccc([N+](=O)[O-])cc1. The van der Waals surface area contributed by atoms with Crippen LogP contribution in [0.15, 0.2) is 53.7 Å². The molecule has 1 unspecified atom stereocenters. The van der Waals surface area contributed by atoms with Crippen molar-refractivity contribution in [2.24, 2.45) is 0 Å². The number of hydrogen-bond acceptors (Lipinski definition) is 6. The molecule has 0 radical (unpaired) electrons. The maximum atomic E-state index is 13.2. The van der Waals surface area contributed by atoms with Gasteiger partial charge in [-0.15, -0.1) is 10.2 Å². The smallest absolute Gasteiger partial charge is 0.269 e. The van der Waals surface area contributed by atoms with E-state index >= 15 is 0 Å². The number of aromatic nitrogens is 3. The van der Waals surface area contributed by atoms with Crippen LogP contribution in [0, 0.1) is 15.9 Å². The van der Waals surface area contributed by atoms with Gasteiger partial charge in [-0.25, -0.2) is 4.39 Å². The molecule has 3 rings (SSSR count). The first-order valence-corrected chi connectivity index (χ1v) is 12.7. The summed E-state index contributed by atoms with van der Waals surface area (Å²) in [6.07, 6.45) is 5.78. The summed E-state index contributed by atoms with van der Waals surface area (Å²) in [5.74, 6) is 0.710. The van der Waals surface area contributed by atoms with Crippen LogP contribution in [0.25, 0.3) is 5.69 Å². The van der Waals surface area contributed by atoms with Crippen molar-refractivity contribution in [2.75, 3.05) is 0 Å². The van der Waals surface area contributed by atoms with E-state index in [1.54, 1.807) is 28.8 Å². The number of amides is 1. The Morgan fingerprint density at radius 3 is 2.43 bits per heavy atom. The third kappa shape index (κ3) is 7.61. The minimum Gasteiger partial charge on any atom is -0.346 e. The number of nitro benzene ring substituents is 1. The third-order valence-corrected chi connectivity index (χ3v) is 6.53. The van der Waals surface area contributed by atoms with Crippen molar-refractivity contribution in [2.45, 2.75) is 69.3 Å². The van der Waals surface area contributed by atoms with E-state index in [0.29, 0.717) is 28.8 Å². The quantitative estimate of drug-likeness (QED) is 0.131. The molecule has 186 valence electrons. The fourth-order valence-electron chi connectivity index (χ4n) is 3.62. The molecule has 3 aromatic rings. The van der Waals surface area contributed by atoms with Crippen molar-refractivity contribution in [1.82, 2.24) is 20.1 Å². The van der Waals surface area contributed by atoms with E-state index in [1.807, 2.05) is 6.92 Å². The van der Waals surface area contributed by atoms with E-state index in [1.165, 1.54) is 42.4 Å². The molecule has 0 fully saturated rings. The van der Waals surface area contributed by atoms with Crippen molar-refractivity contribution >= 4 is 23.4 Å². The lowest BCUT2D eigenvalue weighted by atomic mass is 10.1. The Morgan fingerprint density at radius 1 is 1.09 bits per heavy atom. The van der Waals surface area contributed by atoms with Crippen LogP contribution in [0.5, 0.6) is 0 Å². The highest BCUT2D eigenvalue weighted by atomic mass is 32.2. The van der Waals surface area contributed by atoms with Gasteiger partial charge in [0.05, 0.1) is 11.0 Å². The van der Waals surface area contributed by atoms with E-state index in [0.717, 1.165) is 31.2 Å². The van der Waals surface area contributed by atoms with Gasteiger partial charge in [-0.05, 0) is 43.2 Å². The van der Waals surface area contributed by atoms with Gasteiger partial charge in [0.25, 0.3) is 5.69 Å². The largest absolute Gasteiger partial charge is 0.346 e. The second-order valence-corrected chi connectivity index (χ2v) is 9.26. The topological polar surface area (TPSA) is 103 Å². The highest BCUT2D eigenvalue weighted by molar-refractivity contribution is 7.98. The number of thioether (sulfide) groups is 1. The van der Waals surface area contributed by atoms with Crippen LogP contribution in [0.4, 0.5) is 10.1 Å². The van der Waals surface area contributed by atoms with Crippen molar-refractivity contribution in [3.05, 3.63) is 75.9 Å². The van der Waals surface area contributed by atoms with Crippen LogP contribution < -0.4 is 5.32 Å². The van der Waals surface area contributed by atoms with E-state index in [9.17, 15) is 19.3 Å². The molecule has 1 aromatic heterocycles. The van der Waals surface area contributed by atoms with E-state index in [-0.39, 0.29) is 17.4 Å². The first-order valence-electron chi connectivity index (χ1n) is 11.8. The average molecular weight is 500 g/mol. The van der Waals surface area contributed by atoms with Crippen molar-refractivity contribution in [1.29, 1.82) is 0 Å². The zero-order chi connectivity index (χ0) is 25.2. The van der Waals surface area contributed by atoms with Gasteiger partial charge in [0.1, 0.15) is 5.82 Å². The summed E-state index contributed by atoms with van der Waals surface area (Å²) in [5, 5.41) is 23.3. The molecule has 8 nitrogen and oxygen atoms in total. The zero-order valence-corrected chi connectivity index (χ0v) is 20.8. The standard InChI is InChI=1S/C25H30FN5O3S/c1-3-4-5-6-7-8-23(32)27-18(2)24-28-29-25(35-17-19-9-11-20(26)12-10-19)30(24)21-13-15-22(16-14-21)31(33)34/h9-16,18H,3-8,17H2,1-2H3,(H,27,32). The lowest BCUT2D eigenvalue weighted by molar-refractivity contribution is -0.384. The van der Waals surface area contributed by atoms with Crippen molar-refractivity contribution in [3.63, 3.8) is 0 Å². The predicted octanol–water partition coefficient (Wildman–Crippen LogP) is 6.14. The minimum absolute atomic E-state index is 0.0201. The lowest BCUT2D eigenvalue weighted by Gasteiger charge is -2.16. The fourth-order valence-corrected chi connectivity index (χ4v) is 4.53. The third-order valence-electron chi connectivity index (χ3n) is 5.53. The molecule has 0 aliphatic heterocycles. The molecule has 0 saturated carbocycles. The highest BCUT2D eigenvalue weighted by Crippen LogP contribution is 2.28. The molecule has 35 heavy (non-hydrogen) atoms. The summed E-state index contributed by atoms with van der Waals surface area (Å²) < 4.78 is 15.0. The van der Waals surface area contributed by atoms with E-state index in [2.05, 4.69) is 22.4 Å². The number of carbonyl (C=O) groups is 1. The molecule has 10 heteroatoms. The van der Waals surface area contributed by atoms with Crippen LogP contribution in [0.3, 0.4) is 0 Å². The molecule has 0 spiro atoms. The number of rotatable bonds is 13. The first kappa shape index (κ1) is 26.3. The second-order valence-electron chi connectivity index (χ2n) is 8.32. The fraction of sp³-hybridized carbons (Fsp3) is 0.400. The van der Waals surface area contributed by atoms with Crippen LogP contribution in [0.1, 0.15) is 69.8 Å². The number of nitrogens with one attached hydrogen (secondary N) is 1. The second kappa shape index (κ2) is 13.0. The minimum atomic E-state index is -0.454. The number of benzene rings is 2. The molecule has 0 bridgehead atoms. The lowest BCUT2D eigenvalue weighted by Crippen LogP contribution is -2.28. The number of non-ortho nitro benzene ring substituents is 1. The van der Waals surface area contributed by atoms with E-state index < -0.39 is 11.0 Å². The van der Waals surface area contributed by atoms with Gasteiger partial charge >= 0.3 is 0 Å². The molecule has 0 aliphatic rings. The Bertz CT molecular complexity index is 1120. The molecule has 0 aliphatic carbocycles. The van der Waals surface area contributed by atoms with Crippen molar-refractivity contribution < 1.29 is 14.1 Å². The molecule has 0 saturated heterocycles. The maximum Gasteiger partial charge on any atom is 0.269 e. The Hall–Kier alpha value is -3.27. The number of halogens is 1. The van der Waals surface area contributed by atoms with Gasteiger partial charge in [-0.1, -0.05) is 56.5 Å². The van der Waals surface area contributed by atoms with Gasteiger partial charge in [0.2, 0.25) is 5.91 Å². The number of carbonyl (C=O) groups excluding carboxylic acids is 1. The summed E-state index contributed by atoms with van der Waals surface area (Å²) in [6.45, 7) is 4.00. The first-order chi connectivity index (χ1) is 16.9. The Balaban J connectivity index is 1.78. The summed E-state index contributed by atoms with van der Waals surface area (Å²) >= 11 is 1.41. The van der Waals surface area contributed by atoms with Gasteiger partial charge in [-0.3, -0.25) is 19.5 Å². The molecule has 1 heterocycles. The molecule has 1 N–H and O–H groups in total. The summed E-state index contributed by atoms with van der Waals surface area (Å²) in [4.78, 5) is 23.1. The Labute approximate surface area is 208 Å². The molecule has 2 aromatic carbocycles. The monoisotopic (exact) mass is 499 g/mol. The number of unbranched alkanes of at least 4 members (excludes halogenated alkanes) is 4. The summed E-state index contributed by atoms with van der Waals surface area (Å²) in [6, 6.07) is 11.9. The maximum absolute atomic E-state index is 13.2. The normalized spacial score (nSPS) is 11.9. The molecular weight excluding hydrogens is 469 g/mol. The Morgan fingerprint density at radius 2 is 1.77 bits per heavy atom. The number of hydrogen-bond donors (Lipinski definition) is 1. The van der Waals surface area contributed by atoms with Gasteiger partial charge in [0, 0.05) is 30.0 Å². The average Bonchev–Trinajstić information content (AvgIpc) is 3.27. The van der Waals surface area contributed by atoms with Crippen molar-refractivity contribution in [3.8, 4) is 5.69 Å². The number of nitrogens with zero attached hydrogens (tertiary/aromatic N) is 4. The summed E-state index contributed by atoms with van der Waals surface area (Å²) in [5.41, 5.74) is 1.55. The van der Waals surface area contributed by atoms with Crippen LogP contribution in [-0.2, 0) is 10.5 Å². The number of nitro groups is 1. The molecule has 1 atom stereocenters.